The summed E-state index contributed by atoms with van der Waals surface area (Å²) < 4.78 is 1.63. The highest BCUT2D eigenvalue weighted by atomic mass is 35.5. The first-order chi connectivity index (χ1) is 14.1. The number of halogens is 1. The average molecular weight is 408 g/mol. The van der Waals surface area contributed by atoms with Crippen molar-refractivity contribution in [3.63, 3.8) is 0 Å². The minimum Gasteiger partial charge on any atom is -0.369 e. The Morgan fingerprint density at radius 1 is 1.17 bits per heavy atom. The molecule has 0 radical (unpaired) electrons. The van der Waals surface area contributed by atoms with E-state index in [1.165, 1.54) is 0 Å². The Bertz CT molecular complexity index is 1140. The fourth-order valence-electron chi connectivity index (χ4n) is 2.79. The van der Waals surface area contributed by atoms with Crippen molar-refractivity contribution in [3.8, 4) is 11.4 Å². The molecular weight excluding hydrogens is 390 g/mol. The van der Waals surface area contributed by atoms with Crippen molar-refractivity contribution >= 4 is 34.8 Å². The van der Waals surface area contributed by atoms with Gasteiger partial charge in [0, 0.05) is 53.4 Å². The molecular formula is C20H18ClN7O. The number of hydrogen-bond donors (Lipinski definition) is 2. The van der Waals surface area contributed by atoms with Crippen LogP contribution in [0.4, 0.5) is 11.5 Å². The predicted octanol–water partition coefficient (Wildman–Crippen LogP) is 3.59. The summed E-state index contributed by atoms with van der Waals surface area (Å²) in [6.45, 7) is 2.32. The Morgan fingerprint density at radius 3 is 2.76 bits per heavy atom. The maximum Gasteiger partial charge on any atom is 0.254 e. The van der Waals surface area contributed by atoms with Gasteiger partial charge in [0.05, 0.1) is 0 Å². The second kappa shape index (κ2) is 8.24. The Morgan fingerprint density at radius 2 is 2.00 bits per heavy atom. The number of nitrogens with one attached hydrogen (secondary N) is 2. The number of amides is 1. The number of nitrogens with zero attached hydrogens (tertiary/aromatic N) is 5. The van der Waals surface area contributed by atoms with Crippen LogP contribution in [0, 0.1) is 6.92 Å². The molecule has 0 bridgehead atoms. The molecule has 0 aliphatic rings. The van der Waals surface area contributed by atoms with Gasteiger partial charge in [0.1, 0.15) is 5.82 Å². The van der Waals surface area contributed by atoms with E-state index in [4.69, 9.17) is 11.6 Å². The molecule has 0 saturated heterocycles. The van der Waals surface area contributed by atoms with E-state index in [-0.39, 0.29) is 12.3 Å². The number of fused-ring (bicyclic) bond motifs is 1. The Balaban J connectivity index is 1.45. The summed E-state index contributed by atoms with van der Waals surface area (Å²) in [6.07, 6.45) is 3.69. The molecule has 0 spiro atoms. The largest absolute Gasteiger partial charge is 0.369 e. The summed E-state index contributed by atoms with van der Waals surface area (Å²) in [7, 11) is 0. The molecule has 0 aliphatic carbocycles. The number of carbonyl (C=O) groups excluding carboxylic acids is 1. The predicted molar refractivity (Wildman–Crippen MR) is 112 cm³/mol. The van der Waals surface area contributed by atoms with Crippen molar-refractivity contribution in [1.29, 1.82) is 0 Å². The first-order valence-corrected chi connectivity index (χ1v) is 9.40. The highest BCUT2D eigenvalue weighted by Gasteiger charge is 2.12. The monoisotopic (exact) mass is 407 g/mol. The van der Waals surface area contributed by atoms with Crippen LogP contribution in [0.1, 0.15) is 12.1 Å². The van der Waals surface area contributed by atoms with Crippen molar-refractivity contribution in [2.24, 2.45) is 0 Å². The zero-order valence-electron chi connectivity index (χ0n) is 15.6. The molecule has 1 aromatic carbocycles. The molecule has 2 N–H and O–H groups in total. The van der Waals surface area contributed by atoms with E-state index in [2.05, 4.69) is 30.7 Å². The van der Waals surface area contributed by atoms with Crippen molar-refractivity contribution in [2.45, 2.75) is 13.3 Å². The van der Waals surface area contributed by atoms with Crippen LogP contribution in [0.2, 0.25) is 5.02 Å². The number of carbonyl (C=O) groups is 1. The summed E-state index contributed by atoms with van der Waals surface area (Å²) in [5.74, 6) is 1.64. The third-order valence-corrected chi connectivity index (χ3v) is 4.40. The smallest absolute Gasteiger partial charge is 0.254 e. The topological polar surface area (TPSA) is 97.1 Å². The van der Waals surface area contributed by atoms with Gasteiger partial charge in [-0.05, 0) is 43.3 Å². The van der Waals surface area contributed by atoms with Crippen LogP contribution in [0.25, 0.3) is 17.2 Å². The standard InChI is InChI=1S/C20H18ClN7O/c1-13-11-17(23-10-8-18(29)25-16-6-4-15(21)5-7-16)28-20(24-13)26-19(27-28)14-3-2-9-22-12-14/h2-7,9,11-12,23H,8,10H2,1H3,(H,25,29). The number of pyridine rings is 1. The number of aryl methyl sites for hydroxylation is 1. The molecule has 0 unspecified atom stereocenters. The van der Waals surface area contributed by atoms with E-state index >= 15 is 0 Å². The Hall–Kier alpha value is -3.52. The maximum atomic E-state index is 12.2. The quantitative estimate of drug-likeness (QED) is 0.507. The molecule has 8 nitrogen and oxygen atoms in total. The summed E-state index contributed by atoms with van der Waals surface area (Å²) in [4.78, 5) is 25.2. The molecule has 3 heterocycles. The molecule has 4 aromatic rings. The average Bonchev–Trinajstić information content (AvgIpc) is 3.14. The van der Waals surface area contributed by atoms with Crippen molar-refractivity contribution in [2.75, 3.05) is 17.2 Å². The molecule has 0 aliphatic heterocycles. The normalized spacial score (nSPS) is 10.8. The van der Waals surface area contributed by atoms with E-state index in [0.717, 1.165) is 17.1 Å². The van der Waals surface area contributed by atoms with Gasteiger partial charge in [-0.15, -0.1) is 5.10 Å². The lowest BCUT2D eigenvalue weighted by atomic mass is 10.3. The van der Waals surface area contributed by atoms with Gasteiger partial charge >= 0.3 is 0 Å². The molecule has 0 fully saturated rings. The van der Waals surface area contributed by atoms with Crippen LogP contribution < -0.4 is 10.6 Å². The van der Waals surface area contributed by atoms with Gasteiger partial charge in [-0.1, -0.05) is 11.6 Å². The lowest BCUT2D eigenvalue weighted by Crippen LogP contribution is -2.17. The van der Waals surface area contributed by atoms with Gasteiger partial charge in [-0.2, -0.15) is 9.50 Å². The van der Waals surface area contributed by atoms with Gasteiger partial charge in [0.25, 0.3) is 5.78 Å². The Labute approximate surface area is 172 Å². The molecule has 0 atom stereocenters. The first kappa shape index (κ1) is 18.8. The summed E-state index contributed by atoms with van der Waals surface area (Å²) in [6, 6.07) is 12.6. The third-order valence-electron chi connectivity index (χ3n) is 4.15. The fraction of sp³-hybridized carbons (Fsp3) is 0.150. The highest BCUT2D eigenvalue weighted by molar-refractivity contribution is 6.30. The summed E-state index contributed by atoms with van der Waals surface area (Å²) >= 11 is 5.86. The molecule has 4 rings (SSSR count). The van der Waals surface area contributed by atoms with Gasteiger partial charge in [0.15, 0.2) is 5.82 Å². The van der Waals surface area contributed by atoms with E-state index in [1.807, 2.05) is 25.1 Å². The van der Waals surface area contributed by atoms with Crippen LogP contribution in [-0.2, 0) is 4.79 Å². The fourth-order valence-corrected chi connectivity index (χ4v) is 2.92. The number of hydrogen-bond acceptors (Lipinski definition) is 6. The molecule has 0 saturated carbocycles. The van der Waals surface area contributed by atoms with Crippen LogP contribution in [-0.4, -0.2) is 37.0 Å². The van der Waals surface area contributed by atoms with E-state index in [9.17, 15) is 4.79 Å². The minimum atomic E-state index is -0.100. The summed E-state index contributed by atoms with van der Waals surface area (Å²) in [5, 5.41) is 11.2. The van der Waals surface area contributed by atoms with Crippen molar-refractivity contribution in [3.05, 3.63) is 65.6 Å². The zero-order chi connectivity index (χ0) is 20.2. The third kappa shape index (κ3) is 4.49. The van der Waals surface area contributed by atoms with Crippen molar-refractivity contribution < 1.29 is 4.79 Å². The van der Waals surface area contributed by atoms with E-state index in [1.54, 1.807) is 41.2 Å². The number of aromatic nitrogens is 5. The first-order valence-electron chi connectivity index (χ1n) is 9.02. The van der Waals surface area contributed by atoms with Crippen LogP contribution in [0.15, 0.2) is 54.9 Å². The van der Waals surface area contributed by atoms with Crippen LogP contribution >= 0.6 is 11.6 Å². The van der Waals surface area contributed by atoms with Crippen LogP contribution in [0.5, 0.6) is 0 Å². The maximum absolute atomic E-state index is 12.2. The second-order valence-corrected chi connectivity index (χ2v) is 6.84. The van der Waals surface area contributed by atoms with Gasteiger partial charge in [0.2, 0.25) is 5.91 Å². The summed E-state index contributed by atoms with van der Waals surface area (Å²) in [5.41, 5.74) is 2.32. The minimum absolute atomic E-state index is 0.100. The molecule has 146 valence electrons. The van der Waals surface area contributed by atoms with Crippen LogP contribution in [0.3, 0.4) is 0 Å². The lowest BCUT2D eigenvalue weighted by molar-refractivity contribution is -0.115. The number of benzene rings is 1. The molecule has 29 heavy (non-hydrogen) atoms. The second-order valence-electron chi connectivity index (χ2n) is 6.40. The number of anilines is 2. The van der Waals surface area contributed by atoms with Gasteiger partial charge in [-0.25, -0.2) is 4.98 Å². The highest BCUT2D eigenvalue weighted by Crippen LogP contribution is 2.18. The lowest BCUT2D eigenvalue weighted by Gasteiger charge is -2.09. The SMILES string of the molecule is Cc1cc(NCCC(=O)Nc2ccc(Cl)cc2)n2nc(-c3cccnc3)nc2n1. The van der Waals surface area contributed by atoms with Gasteiger partial charge < -0.3 is 10.6 Å². The van der Waals surface area contributed by atoms with E-state index in [0.29, 0.717) is 28.9 Å². The zero-order valence-corrected chi connectivity index (χ0v) is 16.4. The van der Waals surface area contributed by atoms with E-state index < -0.39 is 0 Å². The molecule has 3 aromatic heterocycles. The van der Waals surface area contributed by atoms with Gasteiger partial charge in [-0.3, -0.25) is 9.78 Å². The molecule has 1 amide bonds. The molecule has 9 heteroatoms. The van der Waals surface area contributed by atoms with Crippen molar-refractivity contribution in [1.82, 2.24) is 24.6 Å². The number of rotatable bonds is 6. The Kier molecular flexibility index (Phi) is 5.35.